The van der Waals surface area contributed by atoms with E-state index in [-0.39, 0.29) is 17.8 Å². The van der Waals surface area contributed by atoms with Gasteiger partial charge in [-0.05, 0) is 43.6 Å². The van der Waals surface area contributed by atoms with E-state index in [1.807, 2.05) is 0 Å². The molecule has 20 heavy (non-hydrogen) atoms. The molecule has 5 atom stereocenters. The monoisotopic (exact) mass is 278 g/mol. The normalized spacial score (nSPS) is 32.6. The first-order valence-corrected chi connectivity index (χ1v) is 7.15. The van der Waals surface area contributed by atoms with Gasteiger partial charge in [0.2, 0.25) is 0 Å². The molecule has 4 nitrogen and oxygen atoms in total. The standard InChI is InChI=1S/C16H22O4/c1-4-5-12(9(2)3)20-16(19)14-11-7-6-10(8-11)13(14)15(17)18/h4,10-14H,1-2,5-8H2,3H3,(H,17,18). The van der Waals surface area contributed by atoms with Crippen LogP contribution in [0.5, 0.6) is 0 Å². The Hall–Kier alpha value is -1.58. The van der Waals surface area contributed by atoms with E-state index in [9.17, 15) is 14.7 Å². The number of carboxylic acid groups (broad SMARTS) is 1. The molecule has 2 rings (SSSR count). The maximum absolute atomic E-state index is 12.4. The second-order valence-corrected chi connectivity index (χ2v) is 6.02. The number of rotatable bonds is 6. The van der Waals surface area contributed by atoms with Crippen LogP contribution < -0.4 is 0 Å². The van der Waals surface area contributed by atoms with Crippen LogP contribution in [-0.2, 0) is 14.3 Å². The van der Waals surface area contributed by atoms with Crippen molar-refractivity contribution in [1.82, 2.24) is 0 Å². The van der Waals surface area contributed by atoms with E-state index in [0.717, 1.165) is 24.8 Å². The lowest BCUT2D eigenvalue weighted by molar-refractivity contribution is -0.162. The third-order valence-corrected chi connectivity index (χ3v) is 4.66. The highest BCUT2D eigenvalue weighted by Crippen LogP contribution is 2.52. The highest BCUT2D eigenvalue weighted by atomic mass is 16.5. The van der Waals surface area contributed by atoms with Crippen LogP contribution in [0.25, 0.3) is 0 Å². The van der Waals surface area contributed by atoms with Crippen molar-refractivity contribution >= 4 is 11.9 Å². The van der Waals surface area contributed by atoms with Crippen molar-refractivity contribution in [2.24, 2.45) is 23.7 Å². The average molecular weight is 278 g/mol. The van der Waals surface area contributed by atoms with Gasteiger partial charge >= 0.3 is 11.9 Å². The van der Waals surface area contributed by atoms with E-state index >= 15 is 0 Å². The largest absolute Gasteiger partial charge is 0.481 e. The van der Waals surface area contributed by atoms with E-state index in [4.69, 9.17) is 4.74 Å². The molecule has 4 heteroatoms. The molecule has 0 heterocycles. The van der Waals surface area contributed by atoms with Gasteiger partial charge in [-0.1, -0.05) is 12.7 Å². The predicted octanol–water partition coefficient (Wildman–Crippen LogP) is 2.80. The Morgan fingerprint density at radius 1 is 1.35 bits per heavy atom. The molecule has 0 aromatic rings. The van der Waals surface area contributed by atoms with Gasteiger partial charge in [-0.2, -0.15) is 0 Å². The van der Waals surface area contributed by atoms with Crippen molar-refractivity contribution in [3.63, 3.8) is 0 Å². The van der Waals surface area contributed by atoms with Crippen LogP contribution in [0.2, 0.25) is 0 Å². The summed E-state index contributed by atoms with van der Waals surface area (Å²) in [5, 5.41) is 9.36. The zero-order valence-corrected chi connectivity index (χ0v) is 11.9. The number of carbonyl (C=O) groups is 2. The minimum absolute atomic E-state index is 0.137. The number of aliphatic carboxylic acids is 1. The Morgan fingerprint density at radius 2 is 1.95 bits per heavy atom. The third kappa shape index (κ3) is 2.65. The maximum atomic E-state index is 12.4. The van der Waals surface area contributed by atoms with Crippen molar-refractivity contribution in [2.75, 3.05) is 0 Å². The van der Waals surface area contributed by atoms with E-state index in [2.05, 4.69) is 13.2 Å². The fourth-order valence-electron chi connectivity index (χ4n) is 3.71. The number of fused-ring (bicyclic) bond motifs is 2. The molecule has 5 unspecified atom stereocenters. The van der Waals surface area contributed by atoms with Gasteiger partial charge in [-0.25, -0.2) is 0 Å². The Kier molecular flexibility index (Phi) is 4.31. The number of ether oxygens (including phenoxy) is 1. The molecule has 0 aliphatic heterocycles. The molecule has 2 bridgehead atoms. The Labute approximate surface area is 119 Å². The number of hydrogen-bond acceptors (Lipinski definition) is 3. The summed E-state index contributed by atoms with van der Waals surface area (Å²) in [6.45, 7) is 9.26. The molecule has 0 spiro atoms. The van der Waals surface area contributed by atoms with Gasteiger partial charge in [0, 0.05) is 6.42 Å². The fraction of sp³-hybridized carbons (Fsp3) is 0.625. The molecule has 0 aromatic carbocycles. The Morgan fingerprint density at radius 3 is 2.45 bits per heavy atom. The van der Waals surface area contributed by atoms with Crippen LogP contribution in [0.1, 0.15) is 32.6 Å². The van der Waals surface area contributed by atoms with Crippen LogP contribution in [0, 0.1) is 23.7 Å². The summed E-state index contributed by atoms with van der Waals surface area (Å²) in [4.78, 5) is 23.8. The number of esters is 1. The van der Waals surface area contributed by atoms with E-state index in [1.54, 1.807) is 13.0 Å². The van der Waals surface area contributed by atoms with Crippen molar-refractivity contribution in [1.29, 1.82) is 0 Å². The van der Waals surface area contributed by atoms with Crippen LogP contribution >= 0.6 is 0 Å². The third-order valence-electron chi connectivity index (χ3n) is 4.66. The highest BCUT2D eigenvalue weighted by Gasteiger charge is 2.55. The smallest absolute Gasteiger partial charge is 0.310 e. The molecular weight excluding hydrogens is 256 g/mol. The summed E-state index contributed by atoms with van der Waals surface area (Å²) < 4.78 is 5.50. The minimum Gasteiger partial charge on any atom is -0.481 e. The zero-order chi connectivity index (χ0) is 14.9. The zero-order valence-electron chi connectivity index (χ0n) is 11.9. The van der Waals surface area contributed by atoms with E-state index in [1.165, 1.54) is 0 Å². The van der Waals surface area contributed by atoms with Crippen LogP contribution in [0.4, 0.5) is 0 Å². The maximum Gasteiger partial charge on any atom is 0.310 e. The minimum atomic E-state index is -0.866. The topological polar surface area (TPSA) is 63.6 Å². The highest BCUT2D eigenvalue weighted by molar-refractivity contribution is 5.83. The lowest BCUT2D eigenvalue weighted by atomic mass is 9.79. The first-order valence-electron chi connectivity index (χ1n) is 7.15. The summed E-state index contributed by atoms with van der Waals surface area (Å²) in [7, 11) is 0. The Bertz CT molecular complexity index is 440. The number of carboxylic acids is 1. The molecule has 0 radical (unpaired) electrons. The average Bonchev–Trinajstić information content (AvgIpc) is 2.97. The first-order chi connectivity index (χ1) is 9.45. The van der Waals surface area contributed by atoms with Gasteiger partial charge in [0.05, 0.1) is 11.8 Å². The fourth-order valence-corrected chi connectivity index (χ4v) is 3.71. The van der Waals surface area contributed by atoms with Crippen molar-refractivity contribution in [2.45, 2.75) is 38.7 Å². The van der Waals surface area contributed by atoms with Gasteiger partial charge in [0.1, 0.15) is 6.10 Å². The molecule has 1 N–H and O–H groups in total. The molecule has 0 saturated heterocycles. The summed E-state index contributed by atoms with van der Waals surface area (Å²) in [6, 6.07) is 0. The van der Waals surface area contributed by atoms with Crippen molar-refractivity contribution in [3.05, 3.63) is 24.8 Å². The molecule has 0 aromatic heterocycles. The number of carbonyl (C=O) groups excluding carboxylic acids is 1. The molecule has 2 fully saturated rings. The van der Waals surface area contributed by atoms with Gasteiger partial charge in [0.25, 0.3) is 0 Å². The SMILES string of the molecule is C=CCC(OC(=O)C1C2CCC(C2)C1C(=O)O)C(=C)C. The van der Waals surface area contributed by atoms with E-state index in [0.29, 0.717) is 6.42 Å². The second-order valence-electron chi connectivity index (χ2n) is 6.02. The second kappa shape index (κ2) is 5.81. The van der Waals surface area contributed by atoms with Crippen molar-refractivity contribution in [3.8, 4) is 0 Å². The van der Waals surface area contributed by atoms with Gasteiger partial charge in [0.15, 0.2) is 0 Å². The Balaban J connectivity index is 2.09. The molecule has 110 valence electrons. The van der Waals surface area contributed by atoms with Crippen LogP contribution in [0.3, 0.4) is 0 Å². The predicted molar refractivity (Wildman–Crippen MR) is 75.0 cm³/mol. The lowest BCUT2D eigenvalue weighted by Crippen LogP contribution is -2.37. The molecule has 2 aliphatic carbocycles. The van der Waals surface area contributed by atoms with Gasteiger partial charge < -0.3 is 9.84 Å². The molecular formula is C16H22O4. The number of hydrogen-bond donors (Lipinski definition) is 1. The summed E-state index contributed by atoms with van der Waals surface area (Å²) in [5.41, 5.74) is 0.758. The van der Waals surface area contributed by atoms with Crippen molar-refractivity contribution < 1.29 is 19.4 Å². The lowest BCUT2D eigenvalue weighted by Gasteiger charge is -2.28. The van der Waals surface area contributed by atoms with E-state index < -0.39 is 23.9 Å². The molecule has 2 aliphatic rings. The summed E-state index contributed by atoms with van der Waals surface area (Å²) >= 11 is 0. The van der Waals surface area contributed by atoms with Crippen LogP contribution in [-0.4, -0.2) is 23.1 Å². The van der Waals surface area contributed by atoms with Gasteiger partial charge in [-0.3, -0.25) is 9.59 Å². The quantitative estimate of drug-likeness (QED) is 0.599. The molecule has 2 saturated carbocycles. The van der Waals surface area contributed by atoms with Crippen LogP contribution in [0.15, 0.2) is 24.8 Å². The summed E-state index contributed by atoms with van der Waals surface area (Å²) in [6.07, 6.45) is 4.50. The van der Waals surface area contributed by atoms with Gasteiger partial charge in [-0.15, -0.1) is 6.58 Å². The molecule has 0 amide bonds. The summed E-state index contributed by atoms with van der Waals surface area (Å²) in [5.74, 6) is -2.00. The first kappa shape index (κ1) is 14.8.